The number of urea groups is 1. The zero-order valence-corrected chi connectivity index (χ0v) is 14.5. The molecule has 0 aromatic carbocycles. The van der Waals surface area contributed by atoms with Gasteiger partial charge in [-0.05, 0) is 26.0 Å². The van der Waals surface area contributed by atoms with E-state index in [0.717, 1.165) is 5.69 Å². The summed E-state index contributed by atoms with van der Waals surface area (Å²) in [6.45, 7) is 4.09. The van der Waals surface area contributed by atoms with Crippen LogP contribution in [0.3, 0.4) is 0 Å². The van der Waals surface area contributed by atoms with Crippen LogP contribution in [0.15, 0.2) is 30.6 Å². The van der Waals surface area contributed by atoms with Gasteiger partial charge in [-0.25, -0.2) is 9.78 Å². The number of rotatable bonds is 6. The third-order valence-electron chi connectivity index (χ3n) is 3.43. The third-order valence-corrected chi connectivity index (χ3v) is 3.43. The summed E-state index contributed by atoms with van der Waals surface area (Å²) in [5.74, 6) is 0.307. The van der Waals surface area contributed by atoms with Crippen LogP contribution in [0.4, 0.5) is 16.3 Å². The summed E-state index contributed by atoms with van der Waals surface area (Å²) < 4.78 is 4.96. The van der Waals surface area contributed by atoms with Crippen LogP contribution in [0.1, 0.15) is 23.7 Å². The number of carbonyl (C=O) groups is 1. The van der Waals surface area contributed by atoms with Gasteiger partial charge in [-0.15, -0.1) is 0 Å². The number of methoxy groups -OCH3 is 1. The first-order valence-electron chi connectivity index (χ1n) is 7.74. The lowest BCUT2D eigenvalue weighted by Crippen LogP contribution is -2.38. The van der Waals surface area contributed by atoms with E-state index in [0.29, 0.717) is 29.2 Å². The molecule has 8 nitrogen and oxygen atoms in total. The first-order chi connectivity index (χ1) is 11.9. The Morgan fingerprint density at radius 3 is 2.80 bits per heavy atom. The Balaban J connectivity index is 2.10. The highest BCUT2D eigenvalue weighted by Gasteiger charge is 2.12. The van der Waals surface area contributed by atoms with Crippen LogP contribution in [0.5, 0.6) is 0 Å². The molecule has 0 radical (unpaired) electrons. The second-order valence-electron chi connectivity index (χ2n) is 5.67. The summed E-state index contributed by atoms with van der Waals surface area (Å²) in [6, 6.07) is 4.54. The van der Waals surface area contributed by atoms with E-state index < -0.39 is 6.03 Å². The molecule has 2 rings (SSSR count). The molecule has 2 amide bonds. The fourth-order valence-corrected chi connectivity index (χ4v) is 2.27. The summed E-state index contributed by atoms with van der Waals surface area (Å²) in [5, 5.41) is 13.6. The van der Waals surface area contributed by atoms with E-state index in [1.807, 2.05) is 13.8 Å². The van der Waals surface area contributed by atoms with Gasteiger partial charge >= 0.3 is 6.03 Å². The molecule has 25 heavy (non-hydrogen) atoms. The molecule has 0 spiro atoms. The maximum atomic E-state index is 11.9. The lowest BCUT2D eigenvalue weighted by molar-refractivity contribution is 0.173. The molecule has 2 aromatic heterocycles. The molecule has 0 fully saturated rings. The van der Waals surface area contributed by atoms with E-state index in [-0.39, 0.29) is 11.8 Å². The minimum atomic E-state index is -0.399. The molecule has 8 heteroatoms. The van der Waals surface area contributed by atoms with Crippen molar-refractivity contribution in [1.29, 1.82) is 5.41 Å². The van der Waals surface area contributed by atoms with Gasteiger partial charge in [-0.1, -0.05) is 0 Å². The number of amides is 2. The number of nitrogens with one attached hydrogen (secondary N) is 3. The van der Waals surface area contributed by atoms with Crippen molar-refractivity contribution in [2.45, 2.75) is 19.9 Å². The third kappa shape index (κ3) is 4.98. The highest BCUT2D eigenvalue weighted by Crippen LogP contribution is 2.19. The van der Waals surface area contributed by atoms with Gasteiger partial charge in [0.1, 0.15) is 5.82 Å². The summed E-state index contributed by atoms with van der Waals surface area (Å²) in [7, 11) is 1.57. The van der Waals surface area contributed by atoms with E-state index in [2.05, 4.69) is 20.6 Å². The normalized spacial score (nSPS) is 11.6. The Kier molecular flexibility index (Phi) is 6.02. The molecule has 1 atom stereocenters. The van der Waals surface area contributed by atoms with Gasteiger partial charge in [0, 0.05) is 48.1 Å². The lowest BCUT2D eigenvalue weighted by Gasteiger charge is -2.14. The smallest absolute Gasteiger partial charge is 0.320 e. The molecule has 2 heterocycles. The SMILES string of the molecule is COCC(C)NC(=O)Nc1cc(N)c(C(=N)c2ccnc(C)c2)cn1. The van der Waals surface area contributed by atoms with E-state index in [9.17, 15) is 4.79 Å². The van der Waals surface area contributed by atoms with Crippen molar-refractivity contribution in [2.75, 3.05) is 24.8 Å². The van der Waals surface area contributed by atoms with Gasteiger partial charge in [-0.2, -0.15) is 0 Å². The molecule has 5 N–H and O–H groups in total. The van der Waals surface area contributed by atoms with Crippen LogP contribution >= 0.6 is 0 Å². The first kappa shape index (κ1) is 18.3. The van der Waals surface area contributed by atoms with Gasteiger partial charge in [0.2, 0.25) is 0 Å². The number of aryl methyl sites for hydroxylation is 1. The fourth-order valence-electron chi connectivity index (χ4n) is 2.27. The molecule has 0 aliphatic rings. The molecule has 1 unspecified atom stereocenters. The summed E-state index contributed by atoms with van der Waals surface area (Å²) in [6.07, 6.45) is 3.12. The van der Waals surface area contributed by atoms with Crippen molar-refractivity contribution >= 4 is 23.2 Å². The van der Waals surface area contributed by atoms with Crippen molar-refractivity contribution in [3.05, 3.63) is 47.4 Å². The maximum Gasteiger partial charge on any atom is 0.320 e. The summed E-state index contributed by atoms with van der Waals surface area (Å²) >= 11 is 0. The molecular weight excluding hydrogens is 320 g/mol. The quantitative estimate of drug-likeness (QED) is 0.597. The number of ether oxygens (including phenoxy) is 1. The Hall–Kier alpha value is -3.00. The average Bonchev–Trinajstić information content (AvgIpc) is 2.54. The number of pyridine rings is 2. The molecular formula is C17H22N6O2. The highest BCUT2D eigenvalue weighted by molar-refractivity contribution is 6.13. The first-order valence-corrected chi connectivity index (χ1v) is 7.74. The average molecular weight is 342 g/mol. The number of hydrogen-bond donors (Lipinski definition) is 4. The number of anilines is 2. The van der Waals surface area contributed by atoms with Gasteiger partial charge in [-0.3, -0.25) is 15.7 Å². The number of aromatic nitrogens is 2. The number of nitrogens with zero attached hydrogens (tertiary/aromatic N) is 2. The zero-order valence-electron chi connectivity index (χ0n) is 14.5. The Labute approximate surface area is 146 Å². The zero-order chi connectivity index (χ0) is 18.4. The molecule has 0 saturated heterocycles. The van der Waals surface area contributed by atoms with Crippen molar-refractivity contribution in [1.82, 2.24) is 15.3 Å². The van der Waals surface area contributed by atoms with Crippen LogP contribution in [0.25, 0.3) is 0 Å². The van der Waals surface area contributed by atoms with Gasteiger partial charge < -0.3 is 15.8 Å². The monoisotopic (exact) mass is 342 g/mol. The predicted octanol–water partition coefficient (Wildman–Crippen LogP) is 1.94. The fraction of sp³-hybridized carbons (Fsp3) is 0.294. The van der Waals surface area contributed by atoms with Crippen LogP contribution < -0.4 is 16.4 Å². The number of nitrogen functional groups attached to an aromatic ring is 1. The molecule has 0 aliphatic carbocycles. The maximum absolute atomic E-state index is 11.9. The van der Waals surface area contributed by atoms with Crippen molar-refractivity contribution < 1.29 is 9.53 Å². The molecule has 132 valence electrons. The number of hydrogen-bond acceptors (Lipinski definition) is 6. The second kappa shape index (κ2) is 8.20. The van der Waals surface area contributed by atoms with Gasteiger partial charge in [0.05, 0.1) is 18.4 Å². The predicted molar refractivity (Wildman–Crippen MR) is 97.0 cm³/mol. The van der Waals surface area contributed by atoms with E-state index >= 15 is 0 Å². The van der Waals surface area contributed by atoms with E-state index in [1.54, 1.807) is 25.4 Å². The van der Waals surface area contributed by atoms with E-state index in [1.165, 1.54) is 12.3 Å². The van der Waals surface area contributed by atoms with E-state index in [4.69, 9.17) is 15.9 Å². The number of carbonyl (C=O) groups excluding carboxylic acids is 1. The van der Waals surface area contributed by atoms with Gasteiger partial charge in [0.15, 0.2) is 0 Å². The van der Waals surface area contributed by atoms with Gasteiger partial charge in [0.25, 0.3) is 0 Å². The minimum absolute atomic E-state index is 0.135. The second-order valence-corrected chi connectivity index (χ2v) is 5.67. The van der Waals surface area contributed by atoms with Crippen LogP contribution in [-0.2, 0) is 4.74 Å². The molecule has 0 bridgehead atoms. The number of nitrogens with two attached hydrogens (primary N) is 1. The summed E-state index contributed by atoms with van der Waals surface area (Å²) in [4.78, 5) is 20.2. The molecule has 2 aromatic rings. The highest BCUT2D eigenvalue weighted by atomic mass is 16.5. The van der Waals surface area contributed by atoms with Crippen molar-refractivity contribution in [3.63, 3.8) is 0 Å². The molecule has 0 saturated carbocycles. The summed E-state index contributed by atoms with van der Waals surface area (Å²) in [5.41, 5.74) is 8.65. The van der Waals surface area contributed by atoms with Crippen LogP contribution in [0.2, 0.25) is 0 Å². The standard InChI is InChI=1S/C17H22N6O2/c1-10-6-12(4-5-20-10)16(19)13-8-21-15(7-14(13)18)23-17(24)22-11(2)9-25-3/h4-8,11,19H,9H2,1-3H3,(H4,18,21,22,23,24). The largest absolute Gasteiger partial charge is 0.398 e. The Bertz CT molecular complexity index is 777. The van der Waals surface area contributed by atoms with Crippen molar-refractivity contribution in [2.24, 2.45) is 0 Å². The minimum Gasteiger partial charge on any atom is -0.398 e. The topological polar surface area (TPSA) is 126 Å². The molecule has 0 aliphatic heterocycles. The Morgan fingerprint density at radius 1 is 1.40 bits per heavy atom. The lowest BCUT2D eigenvalue weighted by atomic mass is 10.0. The van der Waals surface area contributed by atoms with Crippen molar-refractivity contribution in [3.8, 4) is 0 Å². The van der Waals surface area contributed by atoms with Crippen LogP contribution in [0, 0.1) is 12.3 Å². The Morgan fingerprint density at radius 2 is 2.16 bits per heavy atom. The van der Waals surface area contributed by atoms with Crippen LogP contribution in [-0.4, -0.2) is 41.5 Å².